The fourth-order valence-electron chi connectivity index (χ4n) is 4.37. The summed E-state index contributed by atoms with van der Waals surface area (Å²) < 4.78 is 4.42. The molecule has 6 nitrogen and oxygen atoms in total. The van der Waals surface area contributed by atoms with Crippen LogP contribution in [-0.4, -0.2) is 42.5 Å². The molecule has 0 bridgehead atoms. The van der Waals surface area contributed by atoms with E-state index in [2.05, 4.69) is 59.8 Å². The van der Waals surface area contributed by atoms with Crippen molar-refractivity contribution in [2.45, 2.75) is 44.7 Å². The molecule has 2 aromatic heterocycles. The van der Waals surface area contributed by atoms with Crippen molar-refractivity contribution < 1.29 is 0 Å². The van der Waals surface area contributed by atoms with Gasteiger partial charge >= 0.3 is 0 Å². The number of aromatic nitrogens is 5. The van der Waals surface area contributed by atoms with Gasteiger partial charge in [-0.1, -0.05) is 18.2 Å². The zero-order valence-corrected chi connectivity index (χ0v) is 15.0. The lowest BCUT2D eigenvalue weighted by molar-refractivity contribution is 0.191. The summed E-state index contributed by atoms with van der Waals surface area (Å²) in [5.41, 5.74) is 2.36. The molecule has 2 aliphatic heterocycles. The van der Waals surface area contributed by atoms with Gasteiger partial charge in [0.05, 0.1) is 11.4 Å². The minimum Gasteiger partial charge on any atom is -0.315 e. The second kappa shape index (κ2) is 6.68. The predicted octanol–water partition coefficient (Wildman–Crippen LogP) is 2.79. The van der Waals surface area contributed by atoms with Gasteiger partial charge in [-0.25, -0.2) is 4.68 Å². The van der Waals surface area contributed by atoms with Crippen LogP contribution < -0.4 is 0 Å². The topological polar surface area (TPSA) is 51.8 Å². The Morgan fingerprint density at radius 3 is 2.85 bits per heavy atom. The molecule has 0 amide bonds. The molecule has 0 radical (unpaired) electrons. The second-order valence-electron chi connectivity index (χ2n) is 7.37. The molecule has 1 saturated heterocycles. The molecule has 3 aromatic rings. The Morgan fingerprint density at radius 2 is 1.92 bits per heavy atom. The number of hydrogen-bond acceptors (Lipinski definition) is 4. The summed E-state index contributed by atoms with van der Waals surface area (Å²) in [4.78, 5) is 2.54. The first-order chi connectivity index (χ1) is 12.9. The van der Waals surface area contributed by atoms with Crippen LogP contribution in [0.5, 0.6) is 0 Å². The van der Waals surface area contributed by atoms with Gasteiger partial charge in [0.25, 0.3) is 0 Å². The van der Waals surface area contributed by atoms with E-state index < -0.39 is 0 Å². The summed E-state index contributed by atoms with van der Waals surface area (Å²) in [5, 5.41) is 13.5. The fraction of sp³-hybridized carbons (Fsp3) is 0.450. The molecule has 134 valence electrons. The first-order valence-corrected chi connectivity index (χ1v) is 9.61. The van der Waals surface area contributed by atoms with Gasteiger partial charge < -0.3 is 4.57 Å². The highest BCUT2D eigenvalue weighted by molar-refractivity contribution is 5.32. The monoisotopic (exact) mass is 348 g/mol. The molecule has 0 aliphatic carbocycles. The SMILES string of the molecule is c1ccc(-n2nccc2CN2CCCC(c3nnc4n3CCC4)C2)cc1. The van der Waals surface area contributed by atoms with Crippen molar-refractivity contribution in [2.75, 3.05) is 13.1 Å². The maximum atomic E-state index is 4.53. The molecular weight excluding hydrogens is 324 g/mol. The van der Waals surface area contributed by atoms with Crippen LogP contribution in [-0.2, 0) is 19.5 Å². The van der Waals surface area contributed by atoms with Crippen LogP contribution in [0.3, 0.4) is 0 Å². The zero-order valence-electron chi connectivity index (χ0n) is 15.0. The normalized spacial score (nSPS) is 20.4. The maximum Gasteiger partial charge on any atom is 0.137 e. The van der Waals surface area contributed by atoms with Crippen molar-refractivity contribution in [1.82, 2.24) is 29.4 Å². The van der Waals surface area contributed by atoms with E-state index in [1.165, 1.54) is 36.6 Å². The lowest BCUT2D eigenvalue weighted by atomic mass is 9.97. The van der Waals surface area contributed by atoms with Crippen LogP contribution in [0.25, 0.3) is 5.69 Å². The van der Waals surface area contributed by atoms with E-state index in [-0.39, 0.29) is 0 Å². The lowest BCUT2D eigenvalue weighted by Gasteiger charge is -2.32. The Kier molecular flexibility index (Phi) is 4.05. The molecule has 0 saturated carbocycles. The van der Waals surface area contributed by atoms with Gasteiger partial charge in [0.15, 0.2) is 0 Å². The number of benzene rings is 1. The maximum absolute atomic E-state index is 4.53. The van der Waals surface area contributed by atoms with Crippen molar-refractivity contribution in [2.24, 2.45) is 0 Å². The van der Waals surface area contributed by atoms with Crippen molar-refractivity contribution in [3.05, 3.63) is 59.9 Å². The number of likely N-dealkylation sites (tertiary alicyclic amines) is 1. The van der Waals surface area contributed by atoms with E-state index in [9.17, 15) is 0 Å². The average molecular weight is 348 g/mol. The first kappa shape index (κ1) is 15.8. The molecule has 1 atom stereocenters. The second-order valence-corrected chi connectivity index (χ2v) is 7.37. The molecule has 1 unspecified atom stereocenters. The van der Waals surface area contributed by atoms with E-state index in [0.29, 0.717) is 5.92 Å². The molecule has 4 heterocycles. The van der Waals surface area contributed by atoms with Gasteiger partial charge in [-0.05, 0) is 44.0 Å². The van der Waals surface area contributed by atoms with Crippen molar-refractivity contribution >= 4 is 0 Å². The fourth-order valence-corrected chi connectivity index (χ4v) is 4.37. The summed E-state index contributed by atoms with van der Waals surface area (Å²) in [6.07, 6.45) is 6.62. The Labute approximate surface area is 153 Å². The molecule has 6 heteroatoms. The van der Waals surface area contributed by atoms with Crippen LogP contribution in [0, 0.1) is 0 Å². The third kappa shape index (κ3) is 2.84. The minimum absolute atomic E-state index is 0.496. The molecule has 0 N–H and O–H groups in total. The van der Waals surface area contributed by atoms with Gasteiger partial charge in [-0.3, -0.25) is 4.90 Å². The van der Waals surface area contributed by atoms with E-state index >= 15 is 0 Å². The standard InChI is InChI=1S/C20H24N6/c1-2-7-17(8-3-1)26-18(10-11-21-26)15-24-12-4-6-16(14-24)20-23-22-19-9-5-13-25(19)20/h1-3,7-8,10-11,16H,4-6,9,12-15H2. The van der Waals surface area contributed by atoms with Crippen LogP contribution >= 0.6 is 0 Å². The Morgan fingerprint density at radius 1 is 1.00 bits per heavy atom. The predicted molar refractivity (Wildman–Crippen MR) is 99.2 cm³/mol. The summed E-state index contributed by atoms with van der Waals surface area (Å²) in [6, 6.07) is 12.5. The largest absolute Gasteiger partial charge is 0.315 e. The highest BCUT2D eigenvalue weighted by Gasteiger charge is 2.28. The van der Waals surface area contributed by atoms with Gasteiger partial charge in [0.2, 0.25) is 0 Å². The average Bonchev–Trinajstić information content (AvgIpc) is 3.39. The van der Waals surface area contributed by atoms with Crippen LogP contribution in [0.4, 0.5) is 0 Å². The van der Waals surface area contributed by atoms with Crippen molar-refractivity contribution in [3.63, 3.8) is 0 Å². The molecule has 0 spiro atoms. The molecule has 1 aromatic carbocycles. The molecular formula is C20H24N6. The van der Waals surface area contributed by atoms with Crippen LogP contribution in [0.15, 0.2) is 42.6 Å². The Bertz CT molecular complexity index is 881. The third-order valence-corrected chi connectivity index (χ3v) is 5.62. The number of aryl methyl sites for hydroxylation is 1. The number of nitrogens with zero attached hydrogens (tertiary/aromatic N) is 6. The smallest absolute Gasteiger partial charge is 0.137 e. The zero-order chi connectivity index (χ0) is 17.3. The Hall–Kier alpha value is -2.47. The highest BCUT2D eigenvalue weighted by Crippen LogP contribution is 2.29. The van der Waals surface area contributed by atoms with E-state index in [4.69, 9.17) is 0 Å². The van der Waals surface area contributed by atoms with Crippen molar-refractivity contribution in [3.8, 4) is 5.69 Å². The molecule has 5 rings (SSSR count). The van der Waals surface area contributed by atoms with Crippen molar-refractivity contribution in [1.29, 1.82) is 0 Å². The number of piperidine rings is 1. The molecule has 2 aliphatic rings. The molecule has 26 heavy (non-hydrogen) atoms. The third-order valence-electron chi connectivity index (χ3n) is 5.62. The van der Waals surface area contributed by atoms with E-state index in [1.807, 2.05) is 12.3 Å². The highest BCUT2D eigenvalue weighted by atomic mass is 15.3. The summed E-state index contributed by atoms with van der Waals surface area (Å²) in [7, 11) is 0. The van der Waals surface area contributed by atoms with Gasteiger partial charge in [-0.15, -0.1) is 10.2 Å². The molecule has 1 fully saturated rings. The van der Waals surface area contributed by atoms with Gasteiger partial charge in [0, 0.05) is 38.2 Å². The summed E-state index contributed by atoms with van der Waals surface area (Å²) in [6.45, 7) is 4.21. The minimum atomic E-state index is 0.496. The summed E-state index contributed by atoms with van der Waals surface area (Å²) in [5.74, 6) is 2.88. The van der Waals surface area contributed by atoms with E-state index in [0.717, 1.165) is 38.3 Å². The Balaban J connectivity index is 1.33. The van der Waals surface area contributed by atoms with Gasteiger partial charge in [0.1, 0.15) is 11.6 Å². The van der Waals surface area contributed by atoms with Gasteiger partial charge in [-0.2, -0.15) is 5.10 Å². The quantitative estimate of drug-likeness (QED) is 0.727. The first-order valence-electron chi connectivity index (χ1n) is 9.61. The van der Waals surface area contributed by atoms with Crippen LogP contribution in [0.2, 0.25) is 0 Å². The number of rotatable bonds is 4. The summed E-state index contributed by atoms with van der Waals surface area (Å²) >= 11 is 0. The lowest BCUT2D eigenvalue weighted by Crippen LogP contribution is -2.35. The number of hydrogen-bond donors (Lipinski definition) is 0. The van der Waals surface area contributed by atoms with Crippen LogP contribution in [0.1, 0.15) is 42.5 Å². The number of para-hydroxylation sites is 1. The number of fused-ring (bicyclic) bond motifs is 1. The van der Waals surface area contributed by atoms with E-state index in [1.54, 1.807) is 0 Å².